The fourth-order valence-corrected chi connectivity index (χ4v) is 3.66. The number of nitrogens with zero attached hydrogens (tertiary/aromatic N) is 4. The Bertz CT molecular complexity index is 711. The third-order valence-electron chi connectivity index (χ3n) is 5.00. The smallest absolute Gasteiger partial charge is 0.241 e. The van der Waals surface area contributed by atoms with Crippen LogP contribution in [-0.2, 0) is 6.54 Å². The number of aromatic nitrogens is 2. The van der Waals surface area contributed by atoms with Crippen molar-refractivity contribution in [3.05, 3.63) is 30.2 Å². The molecule has 0 spiro atoms. The molecule has 1 fully saturated rings. The van der Waals surface area contributed by atoms with Gasteiger partial charge < -0.3 is 19.3 Å². The molecule has 1 N–H and O–H groups in total. The molecule has 1 aromatic heterocycles. The molecule has 1 aromatic carbocycles. The Morgan fingerprint density at radius 1 is 1.37 bits per heavy atom. The van der Waals surface area contributed by atoms with Crippen molar-refractivity contribution in [1.29, 1.82) is 0 Å². The molecule has 3 rings (SSSR count). The van der Waals surface area contributed by atoms with E-state index in [1.54, 1.807) is 7.11 Å². The summed E-state index contributed by atoms with van der Waals surface area (Å²) in [5, 5.41) is 13.6. The Kier molecular flexibility index (Phi) is 6.82. The van der Waals surface area contributed by atoms with E-state index in [4.69, 9.17) is 9.26 Å². The van der Waals surface area contributed by atoms with Gasteiger partial charge in [-0.2, -0.15) is 4.98 Å². The lowest BCUT2D eigenvalue weighted by Crippen LogP contribution is -2.40. The van der Waals surface area contributed by atoms with E-state index in [0.717, 1.165) is 50.3 Å². The van der Waals surface area contributed by atoms with Crippen LogP contribution in [0.1, 0.15) is 25.7 Å². The lowest BCUT2D eigenvalue weighted by Gasteiger charge is -2.34. The van der Waals surface area contributed by atoms with Crippen LogP contribution in [0.5, 0.6) is 5.75 Å². The largest absolute Gasteiger partial charge is 0.497 e. The molecule has 1 aliphatic heterocycles. The molecular formula is C20H30N4O3. The number of piperidine rings is 1. The van der Waals surface area contributed by atoms with Crippen LogP contribution in [0, 0.1) is 5.92 Å². The number of aliphatic hydroxyl groups is 1. The average Bonchev–Trinajstić information content (AvgIpc) is 3.11. The lowest BCUT2D eigenvalue weighted by molar-refractivity contribution is 0.0908. The predicted molar refractivity (Wildman–Crippen MR) is 103 cm³/mol. The molecular weight excluding hydrogens is 344 g/mol. The van der Waals surface area contributed by atoms with Crippen molar-refractivity contribution in [1.82, 2.24) is 19.9 Å². The van der Waals surface area contributed by atoms with Crippen molar-refractivity contribution < 1.29 is 14.4 Å². The molecule has 1 unspecified atom stereocenters. The van der Waals surface area contributed by atoms with Gasteiger partial charge in [-0.05, 0) is 58.0 Å². The predicted octanol–water partition coefficient (Wildman–Crippen LogP) is 2.27. The minimum Gasteiger partial charge on any atom is -0.497 e. The van der Waals surface area contributed by atoms with Crippen LogP contribution in [0.3, 0.4) is 0 Å². The van der Waals surface area contributed by atoms with E-state index in [1.165, 1.54) is 0 Å². The molecule has 0 aliphatic carbocycles. The van der Waals surface area contributed by atoms with E-state index < -0.39 is 0 Å². The van der Waals surface area contributed by atoms with E-state index in [0.29, 0.717) is 24.2 Å². The highest BCUT2D eigenvalue weighted by Crippen LogP contribution is 2.22. The third-order valence-corrected chi connectivity index (χ3v) is 5.00. The molecule has 1 saturated heterocycles. The Balaban J connectivity index is 1.49. The van der Waals surface area contributed by atoms with Crippen LogP contribution in [0.4, 0.5) is 0 Å². The van der Waals surface area contributed by atoms with Crippen LogP contribution in [-0.4, -0.2) is 71.5 Å². The number of hydrogen-bond acceptors (Lipinski definition) is 7. The van der Waals surface area contributed by atoms with E-state index in [-0.39, 0.29) is 6.10 Å². The zero-order valence-electron chi connectivity index (χ0n) is 16.5. The summed E-state index contributed by atoms with van der Waals surface area (Å²) in [7, 11) is 3.74. The summed E-state index contributed by atoms with van der Waals surface area (Å²) in [6, 6.07) is 7.66. The summed E-state index contributed by atoms with van der Waals surface area (Å²) in [5.74, 6) is 2.66. The number of β-amino-alcohol motifs (C(OH)–C–C–N with tert-alkyl or cyclic N) is 1. The van der Waals surface area contributed by atoms with Gasteiger partial charge in [-0.1, -0.05) is 17.3 Å². The first-order valence-corrected chi connectivity index (χ1v) is 9.59. The molecule has 0 amide bonds. The molecule has 1 aliphatic rings. The number of methoxy groups -OCH3 is 1. The van der Waals surface area contributed by atoms with Gasteiger partial charge in [0.15, 0.2) is 0 Å². The first-order valence-electron chi connectivity index (χ1n) is 9.59. The summed E-state index contributed by atoms with van der Waals surface area (Å²) < 4.78 is 10.7. The van der Waals surface area contributed by atoms with Gasteiger partial charge in [-0.15, -0.1) is 0 Å². The third kappa shape index (κ3) is 5.76. The molecule has 7 nitrogen and oxygen atoms in total. The second kappa shape index (κ2) is 9.30. The quantitative estimate of drug-likeness (QED) is 0.760. The number of likely N-dealkylation sites (tertiary alicyclic amines) is 1. The second-order valence-electron chi connectivity index (χ2n) is 7.53. The molecule has 0 saturated carbocycles. The minimum atomic E-state index is -0.250. The average molecular weight is 374 g/mol. The van der Waals surface area contributed by atoms with Crippen LogP contribution >= 0.6 is 0 Å². The van der Waals surface area contributed by atoms with Crippen LogP contribution in [0.2, 0.25) is 0 Å². The van der Waals surface area contributed by atoms with Gasteiger partial charge in [0, 0.05) is 18.7 Å². The van der Waals surface area contributed by atoms with Crippen molar-refractivity contribution in [2.75, 3.05) is 40.3 Å². The molecule has 1 atom stereocenters. The molecule has 2 aromatic rings. The molecule has 2 heterocycles. The number of aliphatic hydroxyl groups excluding tert-OH is 1. The Morgan fingerprint density at radius 3 is 2.85 bits per heavy atom. The molecule has 7 heteroatoms. The van der Waals surface area contributed by atoms with Crippen LogP contribution < -0.4 is 4.74 Å². The molecule has 27 heavy (non-hydrogen) atoms. The van der Waals surface area contributed by atoms with Gasteiger partial charge in [-0.25, -0.2) is 0 Å². The number of hydrogen-bond donors (Lipinski definition) is 1. The molecule has 0 radical (unpaired) electrons. The van der Waals surface area contributed by atoms with Crippen LogP contribution in [0.25, 0.3) is 11.4 Å². The fraction of sp³-hybridized carbons (Fsp3) is 0.600. The summed E-state index contributed by atoms with van der Waals surface area (Å²) in [6.45, 7) is 6.40. The number of rotatable bonds is 8. The van der Waals surface area contributed by atoms with Gasteiger partial charge in [0.2, 0.25) is 11.7 Å². The minimum absolute atomic E-state index is 0.250. The highest BCUT2D eigenvalue weighted by molar-refractivity contribution is 5.56. The van der Waals surface area contributed by atoms with Gasteiger partial charge in [-0.3, -0.25) is 4.90 Å². The summed E-state index contributed by atoms with van der Waals surface area (Å²) in [5.41, 5.74) is 0.887. The Hall–Kier alpha value is -1.96. The number of benzene rings is 1. The summed E-state index contributed by atoms with van der Waals surface area (Å²) >= 11 is 0. The van der Waals surface area contributed by atoms with Gasteiger partial charge >= 0.3 is 0 Å². The van der Waals surface area contributed by atoms with Gasteiger partial charge in [0.05, 0.1) is 19.8 Å². The highest BCUT2D eigenvalue weighted by Gasteiger charge is 2.22. The van der Waals surface area contributed by atoms with Crippen molar-refractivity contribution in [3.8, 4) is 17.1 Å². The molecule has 148 valence electrons. The topological polar surface area (TPSA) is 74.9 Å². The fourth-order valence-electron chi connectivity index (χ4n) is 3.66. The summed E-state index contributed by atoms with van der Waals surface area (Å²) in [4.78, 5) is 9.12. The van der Waals surface area contributed by atoms with E-state index in [2.05, 4.69) is 27.0 Å². The maximum absolute atomic E-state index is 9.51. The van der Waals surface area contributed by atoms with Gasteiger partial charge in [0.1, 0.15) is 5.75 Å². The first-order chi connectivity index (χ1) is 13.0. The van der Waals surface area contributed by atoms with Crippen LogP contribution in [0.15, 0.2) is 28.8 Å². The van der Waals surface area contributed by atoms with Crippen molar-refractivity contribution in [2.45, 2.75) is 32.4 Å². The van der Waals surface area contributed by atoms with E-state index in [9.17, 15) is 5.11 Å². The van der Waals surface area contributed by atoms with Gasteiger partial charge in [0.25, 0.3) is 0 Å². The molecule has 0 bridgehead atoms. The zero-order chi connectivity index (χ0) is 19.2. The normalized spacial score (nSPS) is 17.4. The number of ether oxygens (including phenoxy) is 1. The standard InChI is InChI=1S/C20H30N4O3/c1-15(25)12-24-9-7-16(8-10-24)13-23(2)14-19-21-20(22-27-19)17-5-4-6-18(11-17)26-3/h4-6,11,15-16,25H,7-10,12-14H2,1-3H3. The lowest BCUT2D eigenvalue weighted by atomic mass is 9.96. The van der Waals surface area contributed by atoms with Crippen molar-refractivity contribution in [3.63, 3.8) is 0 Å². The van der Waals surface area contributed by atoms with E-state index >= 15 is 0 Å². The highest BCUT2D eigenvalue weighted by atomic mass is 16.5. The SMILES string of the molecule is COc1cccc(-c2noc(CN(C)CC3CCN(CC(C)O)CC3)n2)c1. The zero-order valence-corrected chi connectivity index (χ0v) is 16.5. The van der Waals surface area contributed by atoms with E-state index in [1.807, 2.05) is 31.2 Å². The Labute approximate surface area is 160 Å². The Morgan fingerprint density at radius 2 is 2.15 bits per heavy atom. The maximum Gasteiger partial charge on any atom is 0.241 e. The van der Waals surface area contributed by atoms with Crippen molar-refractivity contribution >= 4 is 0 Å². The van der Waals surface area contributed by atoms with Crippen molar-refractivity contribution in [2.24, 2.45) is 5.92 Å². The monoisotopic (exact) mass is 374 g/mol. The summed E-state index contributed by atoms with van der Waals surface area (Å²) in [6.07, 6.45) is 2.08. The maximum atomic E-state index is 9.51. The first kappa shape index (κ1) is 19.8. The second-order valence-corrected chi connectivity index (χ2v) is 7.53.